The lowest BCUT2D eigenvalue weighted by atomic mass is 9.87. The highest BCUT2D eigenvalue weighted by molar-refractivity contribution is 6.30. The Hall–Kier alpha value is -4.67. The van der Waals surface area contributed by atoms with E-state index in [1.165, 1.54) is 5.56 Å². The van der Waals surface area contributed by atoms with Crippen molar-refractivity contribution in [3.05, 3.63) is 143 Å². The molecule has 0 amide bonds. The van der Waals surface area contributed by atoms with Crippen molar-refractivity contribution in [2.24, 2.45) is 9.98 Å². The first-order valence-electron chi connectivity index (χ1n) is 13.4. The predicted octanol–water partition coefficient (Wildman–Crippen LogP) is 10.7. The molecule has 5 aromatic rings. The second-order valence-corrected chi connectivity index (χ2v) is 11.0. The number of hydrogen-bond acceptors (Lipinski definition) is 4. The summed E-state index contributed by atoms with van der Waals surface area (Å²) in [5.74, 6) is 3.08. The van der Waals surface area contributed by atoms with Crippen LogP contribution in [0.1, 0.15) is 37.5 Å². The molecule has 0 fully saturated rings. The summed E-state index contributed by atoms with van der Waals surface area (Å²) in [5.41, 5.74) is 5.05. The topological polar surface area (TPSA) is 43.2 Å². The minimum absolute atomic E-state index is 0.120. The van der Waals surface area contributed by atoms with E-state index in [0.29, 0.717) is 5.02 Å². The van der Waals surface area contributed by atoms with Crippen LogP contribution in [-0.2, 0) is 5.41 Å². The van der Waals surface area contributed by atoms with E-state index in [2.05, 4.69) is 42.9 Å². The molecule has 0 unspecified atom stereocenters. The SMILES string of the molecule is CC(C)(C)c1ccc(Oc2ccc(C=Nc3ccc(Oc4ccc(N=Cc5ccc(Cl)cc5)cc4)cc3)cc2)cc1. The van der Waals surface area contributed by atoms with Gasteiger partial charge < -0.3 is 9.47 Å². The summed E-state index contributed by atoms with van der Waals surface area (Å²) in [6, 6.07) is 39.0. The summed E-state index contributed by atoms with van der Waals surface area (Å²) < 4.78 is 12.0. The van der Waals surface area contributed by atoms with Crippen LogP contribution < -0.4 is 9.47 Å². The minimum Gasteiger partial charge on any atom is -0.457 e. The molecular formula is C36H31ClN2O2. The van der Waals surface area contributed by atoms with E-state index in [-0.39, 0.29) is 5.41 Å². The maximum Gasteiger partial charge on any atom is 0.127 e. The van der Waals surface area contributed by atoms with Crippen molar-refractivity contribution in [3.8, 4) is 23.0 Å². The van der Waals surface area contributed by atoms with Gasteiger partial charge in [0, 0.05) is 17.5 Å². The van der Waals surface area contributed by atoms with Crippen LogP contribution in [0.4, 0.5) is 11.4 Å². The second kappa shape index (κ2) is 12.7. The normalized spacial score (nSPS) is 11.7. The Morgan fingerprint density at radius 1 is 0.488 bits per heavy atom. The van der Waals surface area contributed by atoms with Gasteiger partial charge in [0.25, 0.3) is 0 Å². The zero-order valence-electron chi connectivity index (χ0n) is 23.3. The van der Waals surface area contributed by atoms with E-state index >= 15 is 0 Å². The molecule has 0 aromatic heterocycles. The van der Waals surface area contributed by atoms with Crippen molar-refractivity contribution < 1.29 is 9.47 Å². The number of nitrogens with zero attached hydrogens (tertiary/aromatic N) is 2. The Morgan fingerprint density at radius 3 is 1.22 bits per heavy atom. The Kier molecular flexibility index (Phi) is 8.61. The molecule has 0 saturated heterocycles. The third kappa shape index (κ3) is 8.17. The molecule has 0 N–H and O–H groups in total. The third-order valence-corrected chi connectivity index (χ3v) is 6.59. The van der Waals surface area contributed by atoms with Crippen LogP contribution in [0.2, 0.25) is 5.02 Å². The second-order valence-electron chi connectivity index (χ2n) is 10.6. The molecule has 0 bridgehead atoms. The van der Waals surface area contributed by atoms with Crippen LogP contribution in [0, 0.1) is 0 Å². The molecule has 0 heterocycles. The zero-order chi connectivity index (χ0) is 28.7. The summed E-state index contributed by atoms with van der Waals surface area (Å²) in [7, 11) is 0. The summed E-state index contributed by atoms with van der Waals surface area (Å²) in [6.45, 7) is 6.60. The van der Waals surface area contributed by atoms with Gasteiger partial charge in [0.1, 0.15) is 23.0 Å². The highest BCUT2D eigenvalue weighted by Crippen LogP contribution is 2.28. The lowest BCUT2D eigenvalue weighted by molar-refractivity contribution is 0.481. The fourth-order valence-electron chi connectivity index (χ4n) is 3.96. The molecule has 5 aromatic carbocycles. The Labute approximate surface area is 246 Å². The standard InChI is InChI=1S/C36H31ClN2O2/c1-36(2,3)28-8-18-33(19-9-28)40-32-16-6-27(7-17-32)25-39-31-14-22-35(23-15-31)41-34-20-12-30(13-21-34)38-24-26-4-10-29(37)11-5-26/h4-25H,1-3H3. The lowest BCUT2D eigenvalue weighted by Gasteiger charge is -2.19. The highest BCUT2D eigenvalue weighted by atomic mass is 35.5. The average molecular weight is 559 g/mol. The van der Waals surface area contributed by atoms with Gasteiger partial charge in [0.15, 0.2) is 0 Å². The van der Waals surface area contributed by atoms with E-state index in [0.717, 1.165) is 45.5 Å². The minimum atomic E-state index is 0.120. The molecule has 204 valence electrons. The van der Waals surface area contributed by atoms with Crippen LogP contribution >= 0.6 is 11.6 Å². The molecule has 5 heteroatoms. The van der Waals surface area contributed by atoms with E-state index in [1.54, 1.807) is 6.21 Å². The molecule has 0 radical (unpaired) electrons. The first kappa shape index (κ1) is 27.9. The first-order valence-corrected chi connectivity index (χ1v) is 13.8. The van der Waals surface area contributed by atoms with Gasteiger partial charge >= 0.3 is 0 Å². The van der Waals surface area contributed by atoms with Gasteiger partial charge in [-0.2, -0.15) is 0 Å². The Morgan fingerprint density at radius 2 is 0.829 bits per heavy atom. The fourth-order valence-corrected chi connectivity index (χ4v) is 4.09. The molecule has 0 aliphatic rings. The number of rotatable bonds is 8. The van der Waals surface area contributed by atoms with Gasteiger partial charge in [-0.1, -0.05) is 56.6 Å². The van der Waals surface area contributed by atoms with E-state index < -0.39 is 0 Å². The van der Waals surface area contributed by atoms with E-state index in [9.17, 15) is 0 Å². The number of ether oxygens (including phenoxy) is 2. The van der Waals surface area contributed by atoms with Crippen molar-refractivity contribution in [2.75, 3.05) is 0 Å². The number of halogens is 1. The molecular weight excluding hydrogens is 528 g/mol. The summed E-state index contributed by atoms with van der Waals surface area (Å²) >= 11 is 5.93. The molecule has 5 rings (SSSR count). The monoisotopic (exact) mass is 558 g/mol. The van der Waals surface area contributed by atoms with Crippen LogP contribution in [-0.4, -0.2) is 12.4 Å². The van der Waals surface area contributed by atoms with Crippen molar-refractivity contribution in [3.63, 3.8) is 0 Å². The third-order valence-electron chi connectivity index (χ3n) is 6.34. The average Bonchev–Trinajstić information content (AvgIpc) is 2.98. The smallest absolute Gasteiger partial charge is 0.127 e. The molecule has 0 aliphatic heterocycles. The molecule has 0 spiro atoms. The van der Waals surface area contributed by atoms with Crippen LogP contribution in [0.5, 0.6) is 23.0 Å². The quantitative estimate of drug-likeness (QED) is 0.178. The number of hydrogen-bond donors (Lipinski definition) is 0. The van der Waals surface area contributed by atoms with E-state index in [4.69, 9.17) is 21.1 Å². The van der Waals surface area contributed by atoms with Gasteiger partial charge in [-0.15, -0.1) is 0 Å². The summed E-state index contributed by atoms with van der Waals surface area (Å²) in [5, 5.41) is 0.707. The molecule has 0 aliphatic carbocycles. The maximum absolute atomic E-state index is 6.00. The van der Waals surface area contributed by atoms with Crippen LogP contribution in [0.25, 0.3) is 0 Å². The lowest BCUT2D eigenvalue weighted by Crippen LogP contribution is -2.10. The fraction of sp³-hybridized carbons (Fsp3) is 0.111. The van der Waals surface area contributed by atoms with Crippen molar-refractivity contribution in [1.29, 1.82) is 0 Å². The summed E-state index contributed by atoms with van der Waals surface area (Å²) in [6.07, 6.45) is 3.64. The maximum atomic E-state index is 6.00. The Bertz CT molecular complexity index is 1620. The van der Waals surface area contributed by atoms with Gasteiger partial charge in [-0.05, 0) is 119 Å². The van der Waals surface area contributed by atoms with E-state index in [1.807, 2.05) is 115 Å². The number of aliphatic imine (C=N–C) groups is 2. The van der Waals surface area contributed by atoms with Crippen molar-refractivity contribution >= 4 is 35.4 Å². The highest BCUT2D eigenvalue weighted by Gasteiger charge is 2.13. The summed E-state index contributed by atoms with van der Waals surface area (Å²) in [4.78, 5) is 9.09. The largest absolute Gasteiger partial charge is 0.457 e. The van der Waals surface area contributed by atoms with Gasteiger partial charge in [-0.3, -0.25) is 9.98 Å². The zero-order valence-corrected chi connectivity index (χ0v) is 24.0. The molecule has 41 heavy (non-hydrogen) atoms. The van der Waals surface area contributed by atoms with Crippen molar-refractivity contribution in [1.82, 2.24) is 0 Å². The van der Waals surface area contributed by atoms with Crippen LogP contribution in [0.3, 0.4) is 0 Å². The van der Waals surface area contributed by atoms with Gasteiger partial charge in [0.2, 0.25) is 0 Å². The first-order chi connectivity index (χ1) is 19.8. The van der Waals surface area contributed by atoms with Crippen LogP contribution in [0.15, 0.2) is 131 Å². The molecule has 0 saturated carbocycles. The van der Waals surface area contributed by atoms with Crippen molar-refractivity contribution in [2.45, 2.75) is 26.2 Å². The van der Waals surface area contributed by atoms with Gasteiger partial charge in [-0.25, -0.2) is 0 Å². The molecule has 4 nitrogen and oxygen atoms in total. The predicted molar refractivity (Wildman–Crippen MR) is 171 cm³/mol. The molecule has 0 atom stereocenters. The Balaban J connectivity index is 1.13. The number of benzene rings is 5. The van der Waals surface area contributed by atoms with Gasteiger partial charge in [0.05, 0.1) is 11.4 Å².